The van der Waals surface area contributed by atoms with Gasteiger partial charge >= 0.3 is 0 Å². The van der Waals surface area contributed by atoms with Gasteiger partial charge in [0.1, 0.15) is 0 Å². The number of benzene rings is 1. The Morgan fingerprint density at radius 1 is 1.42 bits per heavy atom. The first kappa shape index (κ1) is 3.60. The highest BCUT2D eigenvalue weighted by Gasteiger charge is 2.01. The molecule has 1 heterocycles. The van der Waals surface area contributed by atoms with Gasteiger partial charge in [0.05, 0.1) is 18.6 Å². The third-order valence-corrected chi connectivity index (χ3v) is 2.50. The molecule has 0 saturated heterocycles. The van der Waals surface area contributed by atoms with Gasteiger partial charge in [-0.1, -0.05) is 34.1 Å². The van der Waals surface area contributed by atoms with Crippen LogP contribution in [0.1, 0.15) is 8.22 Å². The Bertz CT molecular complexity index is 611. The smallest absolute Gasteiger partial charge is 0.0960 e. The highest BCUT2D eigenvalue weighted by molar-refractivity contribution is 9.10. The fraction of sp³-hybridized carbons (Fsp3) is 0. The Kier molecular flexibility index (Phi) is 1.01. The van der Waals surface area contributed by atoms with E-state index in [1.54, 1.807) is 0 Å². The van der Waals surface area contributed by atoms with Gasteiger partial charge in [-0.25, -0.2) is 0 Å². The van der Waals surface area contributed by atoms with Crippen molar-refractivity contribution >= 4 is 27.3 Å². The highest BCUT2D eigenvalue weighted by Crippen LogP contribution is 2.29. The van der Waals surface area contributed by atoms with Crippen LogP contribution < -0.4 is 0 Å². The van der Waals surface area contributed by atoms with Crippen LogP contribution in [0.4, 0.5) is 0 Å². The van der Waals surface area contributed by atoms with Crippen molar-refractivity contribution in [1.29, 1.82) is 0 Å². The molecule has 1 aromatic heterocycles. The standard InChI is InChI=1S/C9H6BrNS/c10-8-4-2-1-3-7(8)9-5-11-6-12-9/h1-6H/i1D,2D,3D,4D,5D,6D. The van der Waals surface area contributed by atoms with Crippen LogP contribution in [0.5, 0.6) is 0 Å². The van der Waals surface area contributed by atoms with Crippen LogP contribution in [0.25, 0.3) is 10.4 Å². The first-order chi connectivity index (χ1) is 8.34. The van der Waals surface area contributed by atoms with Crippen LogP contribution in [-0.4, -0.2) is 4.98 Å². The van der Waals surface area contributed by atoms with E-state index in [0.717, 1.165) is 11.3 Å². The zero-order valence-corrected chi connectivity index (χ0v) is 8.14. The van der Waals surface area contributed by atoms with Gasteiger partial charge in [0, 0.05) is 16.2 Å². The molecule has 2 aromatic rings. The molecular formula is C9H6BrNS. The number of hydrogen-bond acceptors (Lipinski definition) is 2. The molecule has 0 aliphatic carbocycles. The predicted molar refractivity (Wildman–Crippen MR) is 55.3 cm³/mol. The minimum atomic E-state index is -0.363. The summed E-state index contributed by atoms with van der Waals surface area (Å²) in [5.74, 6) is 0. The average molecular weight is 246 g/mol. The number of aromatic nitrogens is 1. The normalized spacial score (nSPS) is 17.1. The summed E-state index contributed by atoms with van der Waals surface area (Å²) in [6.45, 7) is 0. The summed E-state index contributed by atoms with van der Waals surface area (Å²) in [6.07, 6.45) is -0.157. The Morgan fingerprint density at radius 3 is 3.00 bits per heavy atom. The summed E-state index contributed by atoms with van der Waals surface area (Å²) in [5, 5.41) is 0. The van der Waals surface area contributed by atoms with E-state index < -0.39 is 0 Å². The van der Waals surface area contributed by atoms with Crippen molar-refractivity contribution in [1.82, 2.24) is 4.98 Å². The lowest BCUT2D eigenvalue weighted by Gasteiger charge is -1.98. The third kappa shape index (κ3) is 1.42. The molecule has 0 bridgehead atoms. The van der Waals surface area contributed by atoms with Crippen LogP contribution in [0, 0.1) is 0 Å². The van der Waals surface area contributed by atoms with Crippen molar-refractivity contribution in [3.05, 3.63) is 40.3 Å². The van der Waals surface area contributed by atoms with Gasteiger partial charge < -0.3 is 0 Å². The SMILES string of the molecule is [2H]c1nc([2H])c(-c2c([2H])c([2H])c([2H])c([2H])c2Br)s1. The molecular weight excluding hydrogens is 234 g/mol. The van der Waals surface area contributed by atoms with Gasteiger partial charge in [0.2, 0.25) is 0 Å². The molecule has 0 radical (unpaired) electrons. The molecule has 2 rings (SSSR count). The van der Waals surface area contributed by atoms with Crippen LogP contribution in [0.3, 0.4) is 0 Å². The maximum atomic E-state index is 7.83. The molecule has 0 aliphatic heterocycles. The second kappa shape index (κ2) is 3.37. The van der Waals surface area contributed by atoms with Gasteiger partial charge in [-0.05, 0) is 6.04 Å². The van der Waals surface area contributed by atoms with E-state index in [-0.39, 0.29) is 50.7 Å². The van der Waals surface area contributed by atoms with Gasteiger partial charge in [-0.2, -0.15) is 0 Å². The van der Waals surface area contributed by atoms with Crippen molar-refractivity contribution in [2.45, 2.75) is 0 Å². The number of rotatable bonds is 1. The number of thiazole rings is 1. The second-order valence-electron chi connectivity index (χ2n) is 1.94. The lowest BCUT2D eigenvalue weighted by molar-refractivity contribution is 1.42. The molecule has 12 heavy (non-hydrogen) atoms. The average Bonchev–Trinajstić information content (AvgIpc) is 2.64. The Morgan fingerprint density at radius 2 is 2.25 bits per heavy atom. The molecule has 0 spiro atoms. The van der Waals surface area contributed by atoms with E-state index in [1.807, 2.05) is 0 Å². The van der Waals surface area contributed by atoms with Crippen molar-refractivity contribution in [3.8, 4) is 10.4 Å². The van der Waals surface area contributed by atoms with Crippen molar-refractivity contribution < 1.29 is 8.22 Å². The Balaban J connectivity index is 2.84. The monoisotopic (exact) mass is 245 g/mol. The minimum Gasteiger partial charge on any atom is -0.252 e. The molecule has 0 atom stereocenters. The van der Waals surface area contributed by atoms with Crippen LogP contribution in [0.15, 0.2) is 40.3 Å². The maximum Gasteiger partial charge on any atom is 0.0960 e. The van der Waals surface area contributed by atoms with Crippen molar-refractivity contribution in [2.24, 2.45) is 0 Å². The molecule has 0 aliphatic rings. The van der Waals surface area contributed by atoms with Gasteiger partial charge in [0.15, 0.2) is 0 Å². The maximum absolute atomic E-state index is 7.83. The van der Waals surface area contributed by atoms with Crippen LogP contribution >= 0.6 is 27.3 Å². The lowest BCUT2D eigenvalue weighted by atomic mass is 10.2. The zero-order valence-electron chi connectivity index (χ0n) is 11.7. The Labute approximate surface area is 91.6 Å². The molecule has 1 nitrogen and oxygen atoms in total. The largest absolute Gasteiger partial charge is 0.252 e. The van der Waals surface area contributed by atoms with Crippen molar-refractivity contribution in [3.63, 3.8) is 0 Å². The summed E-state index contributed by atoms with van der Waals surface area (Å²) < 4.78 is 45.8. The van der Waals surface area contributed by atoms with Crippen molar-refractivity contribution in [2.75, 3.05) is 0 Å². The summed E-state index contributed by atoms with van der Waals surface area (Å²) >= 11 is 4.03. The van der Waals surface area contributed by atoms with Crippen LogP contribution in [-0.2, 0) is 0 Å². The molecule has 0 amide bonds. The number of nitrogens with zero attached hydrogens (tertiary/aromatic N) is 1. The summed E-state index contributed by atoms with van der Waals surface area (Å²) in [7, 11) is 0. The molecule has 0 unspecified atom stereocenters. The molecule has 3 heteroatoms. The first-order valence-corrected chi connectivity index (χ1v) is 4.65. The molecule has 0 saturated carbocycles. The van der Waals surface area contributed by atoms with E-state index in [2.05, 4.69) is 20.9 Å². The number of halogens is 1. The van der Waals surface area contributed by atoms with E-state index in [0.29, 0.717) is 0 Å². The fourth-order valence-electron chi connectivity index (χ4n) is 0.726. The minimum absolute atomic E-state index is 0.0608. The topological polar surface area (TPSA) is 12.9 Å². The Hall–Kier alpha value is -0.670. The lowest BCUT2D eigenvalue weighted by Crippen LogP contribution is -1.72. The van der Waals surface area contributed by atoms with Gasteiger partial charge in [-0.15, -0.1) is 11.3 Å². The predicted octanol–water partition coefficient (Wildman–Crippen LogP) is 3.57. The third-order valence-electron chi connectivity index (χ3n) is 1.22. The zero-order chi connectivity index (χ0) is 13.6. The molecule has 60 valence electrons. The first-order valence-electron chi connectivity index (χ1n) is 6.04. The van der Waals surface area contributed by atoms with E-state index in [1.165, 1.54) is 0 Å². The van der Waals surface area contributed by atoms with Crippen LogP contribution in [0.2, 0.25) is 0 Å². The molecule has 0 N–H and O–H groups in total. The van der Waals surface area contributed by atoms with E-state index in [9.17, 15) is 0 Å². The number of hydrogen-bond donors (Lipinski definition) is 0. The van der Waals surface area contributed by atoms with Gasteiger partial charge in [0.25, 0.3) is 0 Å². The molecule has 1 aromatic carbocycles. The highest BCUT2D eigenvalue weighted by atomic mass is 79.9. The fourth-order valence-corrected chi connectivity index (χ4v) is 1.78. The quantitative estimate of drug-likeness (QED) is 0.749. The van der Waals surface area contributed by atoms with E-state index in [4.69, 9.17) is 8.22 Å². The summed E-state index contributed by atoms with van der Waals surface area (Å²) in [4.78, 5) is 3.89. The van der Waals surface area contributed by atoms with E-state index >= 15 is 0 Å². The summed E-state index contributed by atoms with van der Waals surface area (Å²) in [6, 6.07) is -1.14. The summed E-state index contributed by atoms with van der Waals surface area (Å²) in [5.41, 5.74) is 0.122. The van der Waals surface area contributed by atoms with Gasteiger partial charge in [-0.3, -0.25) is 4.98 Å². The molecule has 0 fully saturated rings. The second-order valence-corrected chi connectivity index (χ2v) is 3.52.